The second-order valence-corrected chi connectivity index (χ2v) is 11.2. The van der Waals surface area contributed by atoms with Crippen molar-refractivity contribution in [1.82, 2.24) is 5.32 Å². The number of benzene rings is 2. The zero-order chi connectivity index (χ0) is 23.5. The Morgan fingerprint density at radius 3 is 2.50 bits per heavy atom. The maximum absolute atomic E-state index is 12.8. The van der Waals surface area contributed by atoms with E-state index >= 15 is 0 Å². The summed E-state index contributed by atoms with van der Waals surface area (Å²) in [5.74, 6) is -0.670. The number of methoxy groups -OCH3 is 1. The van der Waals surface area contributed by atoms with Crippen molar-refractivity contribution in [3.63, 3.8) is 0 Å². The Morgan fingerprint density at radius 2 is 1.88 bits per heavy atom. The molecule has 0 aliphatic carbocycles. The molecule has 10 nitrogen and oxygen atoms in total. The second-order valence-electron chi connectivity index (χ2n) is 7.30. The third kappa shape index (κ3) is 5.77. The minimum atomic E-state index is -4.04. The third-order valence-electron chi connectivity index (χ3n) is 4.74. The molecule has 1 atom stereocenters. The highest BCUT2D eigenvalue weighted by Crippen LogP contribution is 2.28. The molecule has 1 heterocycles. The molecule has 0 saturated carbocycles. The van der Waals surface area contributed by atoms with Crippen LogP contribution in [0.25, 0.3) is 0 Å². The molecule has 2 aromatic carbocycles. The first-order valence-corrected chi connectivity index (χ1v) is 12.9. The highest BCUT2D eigenvalue weighted by Gasteiger charge is 2.29. The van der Waals surface area contributed by atoms with E-state index in [0.717, 1.165) is 0 Å². The molecule has 3 rings (SSSR count). The number of hydrogen-bond donors (Lipinski definition) is 3. The van der Waals surface area contributed by atoms with Gasteiger partial charge in [-0.2, -0.15) is 0 Å². The van der Waals surface area contributed by atoms with Crippen molar-refractivity contribution in [3.05, 3.63) is 48.0 Å². The molecule has 0 spiro atoms. The molecule has 172 valence electrons. The minimum absolute atomic E-state index is 0.0279. The molecule has 1 fully saturated rings. The van der Waals surface area contributed by atoms with Gasteiger partial charge in [-0.25, -0.2) is 16.8 Å². The summed E-state index contributed by atoms with van der Waals surface area (Å²) >= 11 is 0. The maximum atomic E-state index is 12.8. The first kappa shape index (κ1) is 23.5. The predicted octanol–water partition coefficient (Wildman–Crippen LogP) is 1.37. The molecule has 0 bridgehead atoms. The van der Waals surface area contributed by atoms with Crippen molar-refractivity contribution in [2.24, 2.45) is 0 Å². The van der Waals surface area contributed by atoms with Crippen LogP contribution >= 0.6 is 0 Å². The Balaban J connectivity index is 1.78. The molecule has 0 aromatic heterocycles. The SMILES string of the molecule is COc1ccc(S(=O)(=O)Nc2cccc(C(=O)N[C@@H]3CCS(=O)(=O)C3)c2)cc1NC(C)=O. The molecule has 0 radical (unpaired) electrons. The summed E-state index contributed by atoms with van der Waals surface area (Å²) in [6, 6.07) is 9.37. The lowest BCUT2D eigenvalue weighted by Gasteiger charge is -2.14. The van der Waals surface area contributed by atoms with Crippen LogP contribution in [0.3, 0.4) is 0 Å². The topological polar surface area (TPSA) is 148 Å². The van der Waals surface area contributed by atoms with Gasteiger partial charge in [0.25, 0.3) is 15.9 Å². The van der Waals surface area contributed by atoms with Crippen LogP contribution < -0.4 is 20.1 Å². The van der Waals surface area contributed by atoms with Gasteiger partial charge in [-0.1, -0.05) is 6.07 Å². The van der Waals surface area contributed by atoms with E-state index < -0.39 is 31.8 Å². The minimum Gasteiger partial charge on any atom is -0.495 e. The van der Waals surface area contributed by atoms with Crippen molar-refractivity contribution in [1.29, 1.82) is 0 Å². The third-order valence-corrected chi connectivity index (χ3v) is 7.88. The summed E-state index contributed by atoms with van der Waals surface area (Å²) in [5, 5.41) is 5.17. The van der Waals surface area contributed by atoms with Crippen molar-refractivity contribution < 1.29 is 31.2 Å². The second kappa shape index (κ2) is 9.17. The van der Waals surface area contributed by atoms with Crippen LogP contribution in [0, 0.1) is 0 Å². The van der Waals surface area contributed by atoms with Crippen LogP contribution in [0.2, 0.25) is 0 Å². The van der Waals surface area contributed by atoms with Gasteiger partial charge in [-0.15, -0.1) is 0 Å². The Bertz CT molecular complexity index is 1260. The summed E-state index contributed by atoms with van der Waals surface area (Å²) in [7, 11) is -5.80. The zero-order valence-corrected chi connectivity index (χ0v) is 19.0. The molecule has 1 aliphatic rings. The fourth-order valence-corrected chi connectivity index (χ4v) is 6.01. The maximum Gasteiger partial charge on any atom is 0.261 e. The summed E-state index contributed by atoms with van der Waals surface area (Å²) in [5.41, 5.74) is 0.527. The van der Waals surface area contributed by atoms with Gasteiger partial charge in [-0.3, -0.25) is 14.3 Å². The van der Waals surface area contributed by atoms with E-state index in [0.29, 0.717) is 12.2 Å². The van der Waals surface area contributed by atoms with Crippen LogP contribution in [0.4, 0.5) is 11.4 Å². The molecule has 1 saturated heterocycles. The van der Waals surface area contributed by atoms with Crippen molar-refractivity contribution in [2.45, 2.75) is 24.3 Å². The highest BCUT2D eigenvalue weighted by molar-refractivity contribution is 7.92. The lowest BCUT2D eigenvalue weighted by Crippen LogP contribution is -2.35. The number of carbonyl (C=O) groups is 2. The van der Waals surface area contributed by atoms with Gasteiger partial charge in [0.1, 0.15) is 5.75 Å². The van der Waals surface area contributed by atoms with Gasteiger partial charge in [0.2, 0.25) is 5.91 Å². The van der Waals surface area contributed by atoms with E-state index in [1.807, 2.05) is 0 Å². The first-order valence-electron chi connectivity index (χ1n) is 9.59. The summed E-state index contributed by atoms with van der Waals surface area (Å²) in [6.07, 6.45) is 0.342. The van der Waals surface area contributed by atoms with Crippen LogP contribution in [0.5, 0.6) is 5.75 Å². The number of hydrogen-bond acceptors (Lipinski definition) is 7. The fourth-order valence-electron chi connectivity index (χ4n) is 3.26. The number of nitrogens with one attached hydrogen (secondary N) is 3. The van der Waals surface area contributed by atoms with E-state index in [2.05, 4.69) is 15.4 Å². The molecule has 2 amide bonds. The Morgan fingerprint density at radius 1 is 1.12 bits per heavy atom. The number of carbonyl (C=O) groups excluding carboxylic acids is 2. The fraction of sp³-hybridized carbons (Fsp3) is 0.300. The molecule has 32 heavy (non-hydrogen) atoms. The van der Waals surface area contributed by atoms with E-state index in [-0.39, 0.29) is 39.2 Å². The van der Waals surface area contributed by atoms with E-state index in [4.69, 9.17) is 4.74 Å². The Kier molecular flexibility index (Phi) is 6.74. The zero-order valence-electron chi connectivity index (χ0n) is 17.4. The van der Waals surface area contributed by atoms with Gasteiger partial charge >= 0.3 is 0 Å². The quantitative estimate of drug-likeness (QED) is 0.541. The summed E-state index contributed by atoms with van der Waals surface area (Å²) in [6.45, 7) is 1.29. The van der Waals surface area contributed by atoms with Gasteiger partial charge < -0.3 is 15.4 Å². The van der Waals surface area contributed by atoms with Crippen molar-refractivity contribution in [3.8, 4) is 5.75 Å². The number of sulfonamides is 1. The number of rotatable bonds is 7. The monoisotopic (exact) mass is 481 g/mol. The molecular weight excluding hydrogens is 458 g/mol. The van der Waals surface area contributed by atoms with Crippen LogP contribution in [0.1, 0.15) is 23.7 Å². The van der Waals surface area contributed by atoms with Crippen LogP contribution in [-0.2, 0) is 24.7 Å². The summed E-state index contributed by atoms with van der Waals surface area (Å²) < 4.78 is 56.3. The van der Waals surface area contributed by atoms with Crippen molar-refractivity contribution >= 4 is 43.0 Å². The van der Waals surface area contributed by atoms with E-state index in [9.17, 15) is 26.4 Å². The average molecular weight is 482 g/mol. The van der Waals surface area contributed by atoms with Crippen LogP contribution in [-0.4, -0.2) is 53.3 Å². The molecule has 3 N–H and O–H groups in total. The smallest absolute Gasteiger partial charge is 0.261 e. The van der Waals surface area contributed by atoms with E-state index in [1.165, 1.54) is 56.5 Å². The number of sulfone groups is 1. The lowest BCUT2D eigenvalue weighted by atomic mass is 10.1. The Labute approximate surface area is 186 Å². The number of amides is 2. The number of anilines is 2. The molecule has 1 aliphatic heterocycles. The Hall–Kier alpha value is -3.12. The molecular formula is C20H23N3O7S2. The number of ether oxygens (including phenoxy) is 1. The van der Waals surface area contributed by atoms with E-state index in [1.54, 1.807) is 0 Å². The lowest BCUT2D eigenvalue weighted by molar-refractivity contribution is -0.114. The van der Waals surface area contributed by atoms with Gasteiger partial charge in [0.15, 0.2) is 9.84 Å². The van der Waals surface area contributed by atoms with Gasteiger partial charge in [0, 0.05) is 24.2 Å². The largest absolute Gasteiger partial charge is 0.495 e. The predicted molar refractivity (Wildman–Crippen MR) is 119 cm³/mol. The summed E-state index contributed by atoms with van der Waals surface area (Å²) in [4.78, 5) is 23.8. The average Bonchev–Trinajstić information content (AvgIpc) is 3.05. The highest BCUT2D eigenvalue weighted by atomic mass is 32.2. The van der Waals surface area contributed by atoms with Crippen LogP contribution in [0.15, 0.2) is 47.4 Å². The standard InChI is InChI=1S/C20H23N3O7S2/c1-13(24)21-18-11-17(6-7-19(18)30-2)32(28,29)23-15-5-3-4-14(10-15)20(25)22-16-8-9-31(26,27)12-16/h3-7,10-11,16,23H,8-9,12H2,1-2H3,(H,21,24)(H,22,25)/t16-/m1/s1. The van der Waals surface area contributed by atoms with Crippen molar-refractivity contribution in [2.75, 3.05) is 28.7 Å². The molecule has 2 aromatic rings. The molecule has 0 unspecified atom stereocenters. The van der Waals surface area contributed by atoms with Gasteiger partial charge in [0.05, 0.1) is 29.2 Å². The van der Waals surface area contributed by atoms with Gasteiger partial charge in [-0.05, 0) is 42.8 Å². The normalized spacial score (nSPS) is 17.4. The molecule has 12 heteroatoms. The first-order chi connectivity index (χ1) is 15.0.